The van der Waals surface area contributed by atoms with Gasteiger partial charge in [0.05, 0.1) is 25.5 Å². The number of aryl methyl sites for hydroxylation is 1. The molecule has 0 atom stereocenters. The first-order valence-corrected chi connectivity index (χ1v) is 8.04. The van der Waals surface area contributed by atoms with Crippen molar-refractivity contribution in [2.75, 3.05) is 19.1 Å². The maximum Gasteiger partial charge on any atom is 0.355 e. The Labute approximate surface area is 150 Å². The van der Waals surface area contributed by atoms with Crippen LogP contribution in [0.15, 0.2) is 58.3 Å². The van der Waals surface area contributed by atoms with Gasteiger partial charge in [0.25, 0.3) is 0 Å². The predicted molar refractivity (Wildman–Crippen MR) is 95.2 cm³/mol. The molecule has 1 aromatic carbocycles. The third kappa shape index (κ3) is 2.99. The molecule has 0 fully saturated rings. The molecule has 1 aliphatic rings. The van der Waals surface area contributed by atoms with Crippen LogP contribution in [0.3, 0.4) is 0 Å². The zero-order chi connectivity index (χ0) is 18.7. The van der Waals surface area contributed by atoms with Crippen LogP contribution in [-0.4, -0.2) is 31.1 Å². The van der Waals surface area contributed by atoms with Gasteiger partial charge in [0, 0.05) is 12.6 Å². The molecule has 0 aliphatic carbocycles. The van der Waals surface area contributed by atoms with Crippen LogP contribution >= 0.6 is 0 Å². The molecule has 1 aromatic heterocycles. The maximum absolute atomic E-state index is 12.5. The molecular formula is C19H18N2O5. The lowest BCUT2D eigenvalue weighted by Crippen LogP contribution is -2.27. The minimum Gasteiger partial charge on any atom is -0.465 e. The van der Waals surface area contributed by atoms with E-state index >= 15 is 0 Å². The summed E-state index contributed by atoms with van der Waals surface area (Å²) in [6, 6.07) is 5.38. The van der Waals surface area contributed by atoms with Gasteiger partial charge in [0.2, 0.25) is 0 Å². The Morgan fingerprint density at radius 3 is 2.62 bits per heavy atom. The summed E-state index contributed by atoms with van der Waals surface area (Å²) in [4.78, 5) is 30.8. The molecule has 0 unspecified atom stereocenters. The molecule has 0 saturated carbocycles. The van der Waals surface area contributed by atoms with E-state index in [-0.39, 0.29) is 11.3 Å². The average Bonchev–Trinajstić information content (AvgIpc) is 2.98. The fourth-order valence-corrected chi connectivity index (χ4v) is 2.68. The van der Waals surface area contributed by atoms with Crippen molar-refractivity contribution in [2.24, 2.45) is 0 Å². The van der Waals surface area contributed by atoms with Crippen LogP contribution in [0.5, 0.6) is 0 Å². The van der Waals surface area contributed by atoms with E-state index in [1.807, 2.05) is 6.92 Å². The lowest BCUT2D eigenvalue weighted by Gasteiger charge is -2.23. The monoisotopic (exact) mass is 354 g/mol. The largest absolute Gasteiger partial charge is 0.465 e. The molecule has 0 amide bonds. The van der Waals surface area contributed by atoms with Gasteiger partial charge in [-0.05, 0) is 24.3 Å². The first-order valence-electron chi connectivity index (χ1n) is 8.04. The second kappa shape index (κ2) is 7.26. The van der Waals surface area contributed by atoms with Gasteiger partial charge in [-0.15, -0.1) is 0 Å². The number of anilines is 1. The van der Waals surface area contributed by atoms with Gasteiger partial charge in [-0.1, -0.05) is 19.1 Å². The molecule has 7 nitrogen and oxygen atoms in total. The van der Waals surface area contributed by atoms with Crippen molar-refractivity contribution in [3.63, 3.8) is 0 Å². The number of carbonyl (C=O) groups is 2. The molecule has 134 valence electrons. The number of nitrogens with zero attached hydrogens (tertiary/aromatic N) is 2. The number of methoxy groups -OCH3 is 2. The van der Waals surface area contributed by atoms with Crippen LogP contribution in [0, 0.1) is 0 Å². The summed E-state index contributed by atoms with van der Waals surface area (Å²) in [7, 11) is 2.51. The summed E-state index contributed by atoms with van der Waals surface area (Å²) in [6.45, 7) is 1.94. The number of ether oxygens (including phenoxy) is 2. The van der Waals surface area contributed by atoms with E-state index < -0.39 is 11.9 Å². The van der Waals surface area contributed by atoms with Gasteiger partial charge in [-0.25, -0.2) is 14.6 Å². The highest BCUT2D eigenvalue weighted by molar-refractivity contribution is 6.06. The number of hydrogen-bond donors (Lipinski definition) is 0. The molecule has 0 bridgehead atoms. The Kier molecular flexibility index (Phi) is 4.88. The molecule has 0 saturated heterocycles. The topological polar surface area (TPSA) is 81.9 Å². The third-order valence-corrected chi connectivity index (χ3v) is 3.89. The van der Waals surface area contributed by atoms with Gasteiger partial charge in [-0.2, -0.15) is 0 Å². The number of para-hydroxylation sites is 1. The van der Waals surface area contributed by atoms with Crippen molar-refractivity contribution in [3.05, 3.63) is 59.8 Å². The SMILES string of the molecule is CCc1nc2c(N3C=CC=CC(C(=O)OC)=C3C(=O)OC)cccc2o1. The number of carbonyl (C=O) groups excluding carboxylic acids is 2. The zero-order valence-electron chi connectivity index (χ0n) is 14.7. The van der Waals surface area contributed by atoms with Gasteiger partial charge in [0.15, 0.2) is 11.5 Å². The van der Waals surface area contributed by atoms with Crippen molar-refractivity contribution in [2.45, 2.75) is 13.3 Å². The van der Waals surface area contributed by atoms with E-state index in [2.05, 4.69) is 4.98 Å². The molecule has 2 heterocycles. The van der Waals surface area contributed by atoms with Crippen molar-refractivity contribution in [1.82, 2.24) is 4.98 Å². The van der Waals surface area contributed by atoms with Crippen LogP contribution in [0.4, 0.5) is 5.69 Å². The lowest BCUT2D eigenvalue weighted by atomic mass is 10.1. The van der Waals surface area contributed by atoms with Crippen LogP contribution < -0.4 is 4.90 Å². The van der Waals surface area contributed by atoms with Gasteiger partial charge in [-0.3, -0.25) is 0 Å². The Hall–Kier alpha value is -3.35. The number of esters is 2. The van der Waals surface area contributed by atoms with Crippen molar-refractivity contribution < 1.29 is 23.5 Å². The van der Waals surface area contributed by atoms with E-state index in [4.69, 9.17) is 13.9 Å². The van der Waals surface area contributed by atoms with Crippen LogP contribution in [0.1, 0.15) is 12.8 Å². The molecule has 2 aromatic rings. The molecule has 0 N–H and O–H groups in total. The number of hydrogen-bond acceptors (Lipinski definition) is 7. The Bertz CT molecular complexity index is 952. The molecule has 0 spiro atoms. The summed E-state index contributed by atoms with van der Waals surface area (Å²) in [5, 5.41) is 0. The highest BCUT2D eigenvalue weighted by Crippen LogP contribution is 2.32. The summed E-state index contributed by atoms with van der Waals surface area (Å²) >= 11 is 0. The van der Waals surface area contributed by atoms with Crippen LogP contribution in [0.2, 0.25) is 0 Å². The quantitative estimate of drug-likeness (QED) is 0.781. The third-order valence-electron chi connectivity index (χ3n) is 3.89. The van der Waals surface area contributed by atoms with Crippen molar-refractivity contribution >= 4 is 28.7 Å². The Morgan fingerprint density at radius 1 is 1.15 bits per heavy atom. The van der Waals surface area contributed by atoms with E-state index in [0.29, 0.717) is 29.1 Å². The summed E-state index contributed by atoms with van der Waals surface area (Å²) in [6.07, 6.45) is 7.16. The molecular weight excluding hydrogens is 336 g/mol. The fourth-order valence-electron chi connectivity index (χ4n) is 2.68. The van der Waals surface area contributed by atoms with E-state index in [9.17, 15) is 9.59 Å². The second-order valence-electron chi connectivity index (χ2n) is 5.40. The van der Waals surface area contributed by atoms with Gasteiger partial charge in [0.1, 0.15) is 11.2 Å². The van der Waals surface area contributed by atoms with Crippen molar-refractivity contribution in [1.29, 1.82) is 0 Å². The number of benzene rings is 1. The standard InChI is InChI=1S/C19H18N2O5/c1-4-15-20-16-13(9-7-10-14(16)26-15)21-11-6-5-8-12(18(22)24-2)17(21)19(23)25-3/h5-11H,4H2,1-3H3. The first-order chi connectivity index (χ1) is 12.6. The summed E-state index contributed by atoms with van der Waals surface area (Å²) in [5.74, 6) is -0.726. The maximum atomic E-state index is 12.5. The van der Waals surface area contributed by atoms with E-state index in [1.54, 1.807) is 41.5 Å². The number of allylic oxidation sites excluding steroid dienone is 2. The smallest absolute Gasteiger partial charge is 0.355 e. The summed E-state index contributed by atoms with van der Waals surface area (Å²) in [5.41, 5.74) is 1.89. The van der Waals surface area contributed by atoms with Gasteiger partial charge < -0.3 is 18.8 Å². The molecule has 0 radical (unpaired) electrons. The normalized spacial score (nSPS) is 13.9. The summed E-state index contributed by atoms with van der Waals surface area (Å²) < 4.78 is 15.4. The second-order valence-corrected chi connectivity index (χ2v) is 5.40. The lowest BCUT2D eigenvalue weighted by molar-refractivity contribution is -0.139. The minimum atomic E-state index is -0.669. The number of aromatic nitrogens is 1. The van der Waals surface area contributed by atoms with Gasteiger partial charge >= 0.3 is 11.9 Å². The van der Waals surface area contributed by atoms with E-state index in [1.165, 1.54) is 20.3 Å². The first kappa shape index (κ1) is 17.5. The fraction of sp³-hybridized carbons (Fsp3) is 0.211. The number of fused-ring (bicyclic) bond motifs is 1. The molecule has 3 rings (SSSR count). The molecule has 1 aliphatic heterocycles. The highest BCUT2D eigenvalue weighted by atomic mass is 16.5. The molecule has 26 heavy (non-hydrogen) atoms. The Balaban J connectivity index is 2.26. The highest BCUT2D eigenvalue weighted by Gasteiger charge is 2.29. The zero-order valence-corrected chi connectivity index (χ0v) is 14.7. The van der Waals surface area contributed by atoms with E-state index in [0.717, 1.165) is 0 Å². The van der Waals surface area contributed by atoms with Crippen molar-refractivity contribution in [3.8, 4) is 0 Å². The number of oxazole rings is 1. The van der Waals surface area contributed by atoms with Crippen LogP contribution in [0.25, 0.3) is 11.1 Å². The molecule has 7 heteroatoms. The predicted octanol–water partition coefficient (Wildman–Crippen LogP) is 2.88. The minimum absolute atomic E-state index is 0.0397. The average molecular weight is 354 g/mol. The van der Waals surface area contributed by atoms with Crippen LogP contribution in [-0.2, 0) is 25.5 Å². The Morgan fingerprint density at radius 2 is 1.92 bits per heavy atom. The number of rotatable bonds is 4.